The Morgan fingerprint density at radius 3 is 2.12 bits per heavy atom. The Hall–Kier alpha value is -0.610. The molecule has 0 spiro atoms. The number of hydrogen-bond acceptors (Lipinski definition) is 4. The van der Waals surface area contributed by atoms with Crippen LogP contribution in [0.2, 0.25) is 0 Å². The Kier molecular flexibility index (Phi) is 5.27. The number of carbonyl (C=O) groups excluding carboxylic acids is 1. The van der Waals surface area contributed by atoms with Crippen molar-refractivity contribution in [2.75, 3.05) is 20.1 Å². The molecule has 0 amide bonds. The summed E-state index contributed by atoms with van der Waals surface area (Å²) in [5.41, 5.74) is 0.189. The van der Waals surface area contributed by atoms with Gasteiger partial charge in [-0.05, 0) is 102 Å². The molecule has 138 valence electrons. The topological polar surface area (TPSA) is 50.4 Å². The molecule has 0 radical (unpaired) electrons. The van der Waals surface area contributed by atoms with E-state index in [4.69, 9.17) is 4.74 Å². The predicted molar refractivity (Wildman–Crippen MR) is 96.8 cm³/mol. The zero-order chi connectivity index (χ0) is 17.4. The van der Waals surface area contributed by atoms with E-state index in [0.29, 0.717) is 12.0 Å². The molecule has 0 heterocycles. The van der Waals surface area contributed by atoms with Crippen LogP contribution in [0.3, 0.4) is 0 Å². The molecule has 24 heavy (non-hydrogen) atoms. The molecule has 1 atom stereocenters. The van der Waals surface area contributed by atoms with Gasteiger partial charge in [0, 0.05) is 6.54 Å². The maximum atomic E-state index is 12.2. The van der Waals surface area contributed by atoms with Gasteiger partial charge in [-0.2, -0.15) is 0 Å². The molecule has 1 unspecified atom stereocenters. The van der Waals surface area contributed by atoms with Crippen LogP contribution in [-0.2, 0) is 9.53 Å². The molecule has 4 aliphatic rings. The highest BCUT2D eigenvalue weighted by molar-refractivity contribution is 5.76. The number of hydrogen-bond donors (Lipinski definition) is 2. The second-order valence-electron chi connectivity index (χ2n) is 9.75. The van der Waals surface area contributed by atoms with Gasteiger partial charge in [0.15, 0.2) is 0 Å². The van der Waals surface area contributed by atoms with Crippen molar-refractivity contribution in [1.82, 2.24) is 10.6 Å². The van der Waals surface area contributed by atoms with Crippen LogP contribution >= 0.6 is 0 Å². The molecule has 0 saturated heterocycles. The molecule has 4 aliphatic carbocycles. The van der Waals surface area contributed by atoms with E-state index in [1.165, 1.54) is 44.9 Å². The van der Waals surface area contributed by atoms with Crippen molar-refractivity contribution < 1.29 is 9.53 Å². The third-order valence-corrected chi connectivity index (χ3v) is 6.39. The standard InChI is InChI=1S/C20H36N2O2/c1-19(2,3)24-18(23)17(21-4)13-22-6-5-20-10-14-7-15(11-20)9-16(8-14)12-20/h14-17,21-22H,5-13H2,1-4H3. The van der Waals surface area contributed by atoms with Crippen LogP contribution in [0.4, 0.5) is 0 Å². The summed E-state index contributed by atoms with van der Waals surface area (Å²) in [4.78, 5) is 12.2. The lowest BCUT2D eigenvalue weighted by atomic mass is 9.49. The summed E-state index contributed by atoms with van der Waals surface area (Å²) in [7, 11) is 1.83. The van der Waals surface area contributed by atoms with E-state index in [1.54, 1.807) is 0 Å². The molecule has 2 N–H and O–H groups in total. The normalized spacial score (nSPS) is 35.9. The molecular weight excluding hydrogens is 300 g/mol. The van der Waals surface area contributed by atoms with E-state index in [0.717, 1.165) is 24.3 Å². The summed E-state index contributed by atoms with van der Waals surface area (Å²) >= 11 is 0. The van der Waals surface area contributed by atoms with Gasteiger partial charge in [-0.3, -0.25) is 4.79 Å². The monoisotopic (exact) mass is 336 g/mol. The van der Waals surface area contributed by atoms with Gasteiger partial charge < -0.3 is 15.4 Å². The molecule has 4 heteroatoms. The molecule has 0 aromatic heterocycles. The van der Waals surface area contributed by atoms with Crippen LogP contribution < -0.4 is 10.6 Å². The van der Waals surface area contributed by atoms with E-state index >= 15 is 0 Å². The summed E-state index contributed by atoms with van der Waals surface area (Å²) in [6, 6.07) is -0.263. The Morgan fingerprint density at radius 1 is 1.12 bits per heavy atom. The first kappa shape index (κ1) is 18.2. The van der Waals surface area contributed by atoms with Gasteiger partial charge in [-0.25, -0.2) is 0 Å². The van der Waals surface area contributed by atoms with Crippen molar-refractivity contribution in [3.8, 4) is 0 Å². The van der Waals surface area contributed by atoms with Crippen molar-refractivity contribution in [2.24, 2.45) is 23.2 Å². The van der Waals surface area contributed by atoms with Gasteiger partial charge in [0.05, 0.1) is 0 Å². The van der Waals surface area contributed by atoms with Gasteiger partial charge in [0.25, 0.3) is 0 Å². The summed E-state index contributed by atoms with van der Waals surface area (Å²) in [5.74, 6) is 2.89. The summed E-state index contributed by atoms with van der Waals surface area (Å²) in [6.07, 6.45) is 10.2. The van der Waals surface area contributed by atoms with E-state index in [9.17, 15) is 4.79 Å². The van der Waals surface area contributed by atoms with Gasteiger partial charge in [-0.15, -0.1) is 0 Å². The second-order valence-corrected chi connectivity index (χ2v) is 9.75. The molecular formula is C20H36N2O2. The maximum absolute atomic E-state index is 12.2. The zero-order valence-corrected chi connectivity index (χ0v) is 16.0. The number of likely N-dealkylation sites (N-methyl/N-ethyl adjacent to an activating group) is 1. The number of esters is 1. The second kappa shape index (κ2) is 6.95. The smallest absolute Gasteiger partial charge is 0.324 e. The molecule has 0 aliphatic heterocycles. The zero-order valence-electron chi connectivity index (χ0n) is 16.0. The minimum Gasteiger partial charge on any atom is -0.459 e. The molecule has 4 fully saturated rings. The highest BCUT2D eigenvalue weighted by Crippen LogP contribution is 2.61. The van der Waals surface area contributed by atoms with Gasteiger partial charge in [0.1, 0.15) is 11.6 Å². The van der Waals surface area contributed by atoms with Gasteiger partial charge in [0.2, 0.25) is 0 Å². The minimum absolute atomic E-state index is 0.160. The van der Waals surface area contributed by atoms with Crippen molar-refractivity contribution >= 4 is 5.97 Å². The number of rotatable bonds is 7. The Morgan fingerprint density at radius 2 is 1.67 bits per heavy atom. The van der Waals surface area contributed by atoms with Crippen LogP contribution in [-0.4, -0.2) is 37.7 Å². The predicted octanol–water partition coefficient (Wildman–Crippen LogP) is 3.11. The van der Waals surface area contributed by atoms with Crippen molar-refractivity contribution in [2.45, 2.75) is 77.4 Å². The first-order valence-corrected chi connectivity index (χ1v) is 9.89. The Balaban J connectivity index is 1.42. The van der Waals surface area contributed by atoms with Crippen LogP contribution in [0.5, 0.6) is 0 Å². The van der Waals surface area contributed by atoms with E-state index in [-0.39, 0.29) is 12.0 Å². The van der Waals surface area contributed by atoms with Crippen LogP contribution in [0, 0.1) is 23.2 Å². The molecule has 4 nitrogen and oxygen atoms in total. The third kappa shape index (κ3) is 4.32. The average molecular weight is 337 g/mol. The largest absolute Gasteiger partial charge is 0.459 e. The van der Waals surface area contributed by atoms with Gasteiger partial charge in [-0.1, -0.05) is 0 Å². The fourth-order valence-corrected chi connectivity index (χ4v) is 5.87. The summed E-state index contributed by atoms with van der Waals surface area (Å²) in [5, 5.41) is 6.60. The molecule has 4 rings (SSSR count). The lowest BCUT2D eigenvalue weighted by molar-refractivity contribution is -0.157. The average Bonchev–Trinajstić information content (AvgIpc) is 2.43. The maximum Gasteiger partial charge on any atom is 0.324 e. The lowest BCUT2D eigenvalue weighted by Gasteiger charge is -2.57. The third-order valence-electron chi connectivity index (χ3n) is 6.39. The van der Waals surface area contributed by atoms with Crippen molar-refractivity contribution in [3.05, 3.63) is 0 Å². The van der Waals surface area contributed by atoms with Gasteiger partial charge >= 0.3 is 5.97 Å². The number of carbonyl (C=O) groups is 1. The number of nitrogens with one attached hydrogen (secondary N) is 2. The fraction of sp³-hybridized carbons (Fsp3) is 0.950. The van der Waals surface area contributed by atoms with Crippen molar-refractivity contribution in [3.63, 3.8) is 0 Å². The fourth-order valence-electron chi connectivity index (χ4n) is 5.87. The SMILES string of the molecule is CNC(CNCCC12CC3CC(CC(C3)C1)C2)C(=O)OC(C)(C)C. The van der Waals surface area contributed by atoms with Crippen LogP contribution in [0.1, 0.15) is 65.7 Å². The van der Waals surface area contributed by atoms with Crippen molar-refractivity contribution in [1.29, 1.82) is 0 Å². The molecule has 4 bridgehead atoms. The van der Waals surface area contributed by atoms with E-state index in [1.807, 2.05) is 27.8 Å². The quantitative estimate of drug-likeness (QED) is 0.554. The first-order valence-electron chi connectivity index (χ1n) is 9.89. The first-order chi connectivity index (χ1) is 11.3. The Labute approximate surface area is 147 Å². The van der Waals surface area contributed by atoms with E-state index in [2.05, 4.69) is 10.6 Å². The molecule has 0 aromatic carbocycles. The number of ether oxygens (including phenoxy) is 1. The molecule has 4 saturated carbocycles. The lowest BCUT2D eigenvalue weighted by Crippen LogP contribution is -2.48. The molecule has 0 aromatic rings. The minimum atomic E-state index is -0.425. The Bertz CT molecular complexity index is 420. The summed E-state index contributed by atoms with van der Waals surface area (Å²) in [6.45, 7) is 7.42. The highest BCUT2D eigenvalue weighted by atomic mass is 16.6. The highest BCUT2D eigenvalue weighted by Gasteiger charge is 2.50. The van der Waals surface area contributed by atoms with E-state index < -0.39 is 5.60 Å². The summed E-state index contributed by atoms with van der Waals surface area (Å²) < 4.78 is 5.48. The van der Waals surface area contributed by atoms with Crippen LogP contribution in [0.25, 0.3) is 0 Å². The van der Waals surface area contributed by atoms with Crippen LogP contribution in [0.15, 0.2) is 0 Å².